The topological polar surface area (TPSA) is 0 Å². The van der Waals surface area contributed by atoms with Crippen LogP contribution in [0.2, 0.25) is 0 Å². The summed E-state index contributed by atoms with van der Waals surface area (Å²) in [4.78, 5) is 1.03. The first-order valence-corrected chi connectivity index (χ1v) is 4.98. The largest absolute Gasteiger partial charge is 1.00 e. The Morgan fingerprint density at radius 3 is 2.40 bits per heavy atom. The number of aryl methyl sites for hydroxylation is 1. The van der Waals surface area contributed by atoms with Crippen molar-refractivity contribution in [2.45, 2.75) is 6.92 Å². The summed E-state index contributed by atoms with van der Waals surface area (Å²) in [6.07, 6.45) is 0. The second-order valence-corrected chi connectivity index (χ2v) is 4.52. The maximum atomic E-state index is 12.4. The molecule has 0 bridgehead atoms. The van der Waals surface area contributed by atoms with E-state index in [4.69, 9.17) is 0 Å². The van der Waals surface area contributed by atoms with Crippen molar-refractivity contribution in [2.24, 2.45) is 0 Å². The van der Waals surface area contributed by atoms with Gasteiger partial charge in [0, 0.05) is 9.58 Å². The van der Waals surface area contributed by atoms with Crippen molar-refractivity contribution < 1.29 is 64.3 Å². The Bertz CT molecular complexity index is 478. The summed E-state index contributed by atoms with van der Waals surface area (Å²) >= 11 is 1.39. The standard InChI is InChI=1S/C9H7BF3S.K/c1-6-4-7-2-3-8(10(11,12)13)5-9(7)14-6;/h2-5H,1H3;/q-1;+1. The maximum Gasteiger partial charge on any atom is 1.00 e. The normalized spacial score (nSPS) is 11.5. The van der Waals surface area contributed by atoms with E-state index in [0.29, 0.717) is 4.70 Å². The molecule has 0 spiro atoms. The average Bonchev–Trinajstić information content (AvgIpc) is 2.41. The third-order valence-electron chi connectivity index (χ3n) is 2.05. The number of hydrogen-bond acceptors (Lipinski definition) is 1. The summed E-state index contributed by atoms with van der Waals surface area (Å²) in [5.41, 5.74) is -0.514. The summed E-state index contributed by atoms with van der Waals surface area (Å²) in [7, 11) is 0. The van der Waals surface area contributed by atoms with Gasteiger partial charge in [0.15, 0.2) is 0 Å². The number of thiophene rings is 1. The van der Waals surface area contributed by atoms with Crippen LogP contribution in [0.25, 0.3) is 10.1 Å². The summed E-state index contributed by atoms with van der Waals surface area (Å²) in [5, 5.41) is 0.885. The Morgan fingerprint density at radius 2 is 1.80 bits per heavy atom. The predicted molar refractivity (Wildman–Crippen MR) is 55.3 cm³/mol. The third kappa shape index (κ3) is 3.08. The molecule has 6 heteroatoms. The molecule has 0 amide bonds. The third-order valence-corrected chi connectivity index (χ3v) is 3.06. The second kappa shape index (κ2) is 4.89. The van der Waals surface area contributed by atoms with Crippen molar-refractivity contribution in [2.75, 3.05) is 0 Å². The Morgan fingerprint density at radius 1 is 1.13 bits per heavy atom. The molecule has 0 aliphatic heterocycles. The monoisotopic (exact) mass is 254 g/mol. The number of fused-ring (bicyclic) bond motifs is 1. The van der Waals surface area contributed by atoms with Gasteiger partial charge >= 0.3 is 58.4 Å². The molecule has 1 heterocycles. The first-order valence-electron chi connectivity index (χ1n) is 4.17. The van der Waals surface area contributed by atoms with E-state index >= 15 is 0 Å². The molecule has 0 saturated heterocycles. The van der Waals surface area contributed by atoms with Crippen LogP contribution < -0.4 is 56.8 Å². The zero-order valence-corrected chi connectivity index (χ0v) is 12.4. The van der Waals surface area contributed by atoms with E-state index in [-0.39, 0.29) is 51.4 Å². The minimum Gasteiger partial charge on any atom is -0.445 e. The van der Waals surface area contributed by atoms with E-state index in [1.54, 1.807) is 0 Å². The Hall–Kier alpha value is 0.671. The zero-order chi connectivity index (χ0) is 10.3. The molecular formula is C9H7BF3KS. The number of hydrogen-bond donors (Lipinski definition) is 0. The number of rotatable bonds is 1. The fourth-order valence-electron chi connectivity index (χ4n) is 1.38. The van der Waals surface area contributed by atoms with E-state index in [1.807, 2.05) is 13.0 Å². The number of halogens is 3. The predicted octanol–water partition coefficient (Wildman–Crippen LogP) is 0.268. The summed E-state index contributed by atoms with van der Waals surface area (Å²) < 4.78 is 37.9. The quantitative estimate of drug-likeness (QED) is 0.641. The van der Waals surface area contributed by atoms with Gasteiger partial charge in [-0.2, -0.15) is 0 Å². The molecule has 0 aliphatic carbocycles. The molecule has 0 N–H and O–H groups in total. The van der Waals surface area contributed by atoms with E-state index < -0.39 is 12.4 Å². The van der Waals surface area contributed by atoms with Gasteiger partial charge in [-0.25, -0.2) is 0 Å². The molecule has 0 aliphatic rings. The summed E-state index contributed by atoms with van der Waals surface area (Å²) in [6, 6.07) is 5.80. The van der Waals surface area contributed by atoms with Crippen LogP contribution in [0.1, 0.15) is 4.88 Å². The van der Waals surface area contributed by atoms with E-state index in [2.05, 4.69) is 0 Å². The van der Waals surface area contributed by atoms with Crippen LogP contribution in [0.5, 0.6) is 0 Å². The van der Waals surface area contributed by atoms with Gasteiger partial charge in [-0.05, 0) is 18.4 Å². The van der Waals surface area contributed by atoms with Crippen molar-refractivity contribution >= 4 is 33.9 Å². The minimum atomic E-state index is -4.87. The molecule has 0 nitrogen and oxygen atoms in total. The molecule has 0 unspecified atom stereocenters. The molecule has 0 atom stereocenters. The van der Waals surface area contributed by atoms with E-state index in [1.165, 1.54) is 23.5 Å². The molecule has 74 valence electrons. The van der Waals surface area contributed by atoms with Crippen molar-refractivity contribution in [1.29, 1.82) is 0 Å². The van der Waals surface area contributed by atoms with Crippen LogP contribution >= 0.6 is 11.3 Å². The molecule has 1 aromatic carbocycles. The van der Waals surface area contributed by atoms with Gasteiger partial charge in [0.2, 0.25) is 0 Å². The molecule has 15 heavy (non-hydrogen) atoms. The summed E-state index contributed by atoms with van der Waals surface area (Å²) in [5.74, 6) is 0. The molecular weight excluding hydrogens is 247 g/mol. The van der Waals surface area contributed by atoms with Crippen LogP contribution in [0.4, 0.5) is 12.9 Å². The summed E-state index contributed by atoms with van der Waals surface area (Å²) in [6.45, 7) is -2.98. The fraction of sp³-hybridized carbons (Fsp3) is 0.111. The van der Waals surface area contributed by atoms with Crippen molar-refractivity contribution in [3.05, 3.63) is 29.1 Å². The number of benzene rings is 1. The smallest absolute Gasteiger partial charge is 0.445 e. The van der Waals surface area contributed by atoms with Crippen LogP contribution in [0, 0.1) is 6.92 Å². The fourth-order valence-corrected chi connectivity index (χ4v) is 2.36. The Kier molecular flexibility index (Phi) is 4.48. The van der Waals surface area contributed by atoms with Gasteiger partial charge in [-0.3, -0.25) is 0 Å². The first kappa shape index (κ1) is 13.7. The van der Waals surface area contributed by atoms with Gasteiger partial charge in [0.05, 0.1) is 0 Å². The average molecular weight is 254 g/mol. The van der Waals surface area contributed by atoms with Crippen LogP contribution in [0.15, 0.2) is 24.3 Å². The van der Waals surface area contributed by atoms with Crippen LogP contribution in [-0.4, -0.2) is 6.98 Å². The van der Waals surface area contributed by atoms with Crippen molar-refractivity contribution in [3.63, 3.8) is 0 Å². The molecule has 2 rings (SSSR count). The minimum absolute atomic E-state index is 0. The van der Waals surface area contributed by atoms with Gasteiger partial charge in [0.1, 0.15) is 0 Å². The molecule has 0 saturated carbocycles. The Balaban J connectivity index is 0.00000112. The first-order chi connectivity index (χ1) is 6.47. The second-order valence-electron chi connectivity index (χ2n) is 3.23. The van der Waals surface area contributed by atoms with Gasteiger partial charge in [-0.15, -0.1) is 16.8 Å². The van der Waals surface area contributed by atoms with Gasteiger partial charge < -0.3 is 12.9 Å². The SMILES string of the molecule is Cc1cc2ccc([B-](F)(F)F)cc2s1.[K+]. The Labute approximate surface area is 132 Å². The van der Waals surface area contributed by atoms with Crippen LogP contribution in [0.3, 0.4) is 0 Å². The molecule has 1 aromatic heterocycles. The van der Waals surface area contributed by atoms with Crippen molar-refractivity contribution in [3.8, 4) is 0 Å². The molecule has 2 aromatic rings. The molecule has 0 fully saturated rings. The maximum absolute atomic E-state index is 12.4. The van der Waals surface area contributed by atoms with Crippen molar-refractivity contribution in [1.82, 2.24) is 0 Å². The van der Waals surface area contributed by atoms with E-state index in [9.17, 15) is 12.9 Å². The van der Waals surface area contributed by atoms with Gasteiger partial charge in [0.25, 0.3) is 0 Å². The molecule has 0 radical (unpaired) electrons. The van der Waals surface area contributed by atoms with E-state index in [0.717, 1.165) is 16.3 Å². The van der Waals surface area contributed by atoms with Gasteiger partial charge in [-0.1, -0.05) is 18.2 Å². The zero-order valence-electron chi connectivity index (χ0n) is 8.43. The van der Waals surface area contributed by atoms with Crippen LogP contribution in [-0.2, 0) is 0 Å².